The summed E-state index contributed by atoms with van der Waals surface area (Å²) in [6.45, 7) is 3.89. The van der Waals surface area contributed by atoms with Crippen LogP contribution in [0.3, 0.4) is 0 Å². The van der Waals surface area contributed by atoms with Crippen molar-refractivity contribution in [2.45, 2.75) is 0 Å². The lowest BCUT2D eigenvalue weighted by atomic mass is 10.1. The van der Waals surface area contributed by atoms with Gasteiger partial charge in [-0.25, -0.2) is 9.78 Å². The Hall–Kier alpha value is -1.66. The second kappa shape index (κ2) is 6.22. The maximum atomic E-state index is 11.8. The Balaban J connectivity index is 2.09. The minimum absolute atomic E-state index is 0.328. The van der Waals surface area contributed by atoms with Gasteiger partial charge in [-0.15, -0.1) is 0 Å². The number of hydrogen-bond acceptors (Lipinski definition) is 5. The average Bonchev–Trinajstić information content (AvgIpc) is 2.55. The molecular weight excluding hydrogens is 346 g/mol. The molecule has 0 bridgehead atoms. The zero-order valence-corrected chi connectivity index (χ0v) is 14.3. The Bertz CT molecular complexity index is 712. The number of hydrogen-bond donors (Lipinski definition) is 0. The fourth-order valence-electron chi connectivity index (χ4n) is 2.71. The van der Waals surface area contributed by atoms with Crippen LogP contribution in [0.15, 0.2) is 28.9 Å². The Kier molecular flexibility index (Phi) is 4.31. The Labute approximate surface area is 138 Å². The van der Waals surface area contributed by atoms with Gasteiger partial charge in [-0.3, -0.25) is 0 Å². The van der Waals surface area contributed by atoms with Crippen molar-refractivity contribution in [2.24, 2.45) is 0 Å². The number of esters is 1. The smallest absolute Gasteiger partial charge is 0.337 e. The lowest BCUT2D eigenvalue weighted by Crippen LogP contribution is -2.44. The Morgan fingerprint density at radius 1 is 1.23 bits per heavy atom. The number of aromatic nitrogens is 1. The number of halogens is 1. The van der Waals surface area contributed by atoms with Gasteiger partial charge in [-0.05, 0) is 35.1 Å². The third-order valence-corrected chi connectivity index (χ3v) is 4.67. The van der Waals surface area contributed by atoms with E-state index >= 15 is 0 Å². The molecule has 1 saturated heterocycles. The highest BCUT2D eigenvalue weighted by atomic mass is 79.9. The van der Waals surface area contributed by atoms with E-state index in [9.17, 15) is 4.79 Å². The lowest BCUT2D eigenvalue weighted by Gasteiger charge is -2.33. The summed E-state index contributed by atoms with van der Waals surface area (Å²) in [6, 6.07) is 5.59. The average molecular weight is 364 g/mol. The van der Waals surface area contributed by atoms with Crippen LogP contribution in [0.1, 0.15) is 10.4 Å². The maximum absolute atomic E-state index is 11.8. The fraction of sp³-hybridized carbons (Fsp3) is 0.375. The largest absolute Gasteiger partial charge is 0.465 e. The molecule has 2 aromatic rings. The highest BCUT2D eigenvalue weighted by Crippen LogP contribution is 2.31. The SMILES string of the molecule is COC(=O)c1ccc2c(Br)cnc(N3CCN(C)CC3)c2c1. The number of rotatable bonds is 2. The summed E-state index contributed by atoms with van der Waals surface area (Å²) in [4.78, 5) is 21.0. The van der Waals surface area contributed by atoms with E-state index in [4.69, 9.17) is 4.74 Å². The molecule has 0 N–H and O–H groups in total. The number of ether oxygens (including phenoxy) is 1. The van der Waals surface area contributed by atoms with Crippen LogP contribution in [0.4, 0.5) is 5.82 Å². The van der Waals surface area contributed by atoms with Gasteiger partial charge in [0, 0.05) is 47.6 Å². The third-order valence-electron chi connectivity index (χ3n) is 4.04. The zero-order chi connectivity index (χ0) is 15.7. The number of benzene rings is 1. The minimum atomic E-state index is -0.328. The van der Waals surface area contributed by atoms with Gasteiger partial charge in [-0.1, -0.05) is 6.07 Å². The molecule has 1 aromatic heterocycles. The predicted octanol–water partition coefficient (Wildman–Crippen LogP) is 2.54. The van der Waals surface area contributed by atoms with Crippen LogP contribution in [0.2, 0.25) is 0 Å². The number of fused-ring (bicyclic) bond motifs is 1. The van der Waals surface area contributed by atoms with E-state index in [2.05, 4.69) is 37.8 Å². The summed E-state index contributed by atoms with van der Waals surface area (Å²) in [5.41, 5.74) is 0.547. The fourth-order valence-corrected chi connectivity index (χ4v) is 3.16. The number of methoxy groups -OCH3 is 1. The van der Waals surface area contributed by atoms with Crippen LogP contribution in [0.25, 0.3) is 10.8 Å². The van der Waals surface area contributed by atoms with Gasteiger partial charge in [0.15, 0.2) is 0 Å². The van der Waals surface area contributed by atoms with Crippen molar-refractivity contribution < 1.29 is 9.53 Å². The van der Waals surface area contributed by atoms with Gasteiger partial charge in [-0.2, -0.15) is 0 Å². The number of nitrogens with zero attached hydrogens (tertiary/aromatic N) is 3. The van der Waals surface area contributed by atoms with Crippen LogP contribution in [0.5, 0.6) is 0 Å². The van der Waals surface area contributed by atoms with Crippen LogP contribution in [0, 0.1) is 0 Å². The van der Waals surface area contributed by atoms with E-state index in [1.54, 1.807) is 6.07 Å². The third kappa shape index (κ3) is 2.80. The quantitative estimate of drug-likeness (QED) is 0.767. The molecule has 1 aromatic carbocycles. The molecule has 2 heterocycles. The van der Waals surface area contributed by atoms with Crippen LogP contribution >= 0.6 is 15.9 Å². The van der Waals surface area contributed by atoms with E-state index in [1.165, 1.54) is 7.11 Å². The van der Waals surface area contributed by atoms with Crippen molar-refractivity contribution in [3.05, 3.63) is 34.4 Å². The van der Waals surface area contributed by atoms with Gasteiger partial charge in [0.1, 0.15) is 5.82 Å². The van der Waals surface area contributed by atoms with Crippen molar-refractivity contribution in [2.75, 3.05) is 45.2 Å². The topological polar surface area (TPSA) is 45.7 Å². The van der Waals surface area contributed by atoms with E-state index in [0.717, 1.165) is 47.2 Å². The Morgan fingerprint density at radius 3 is 2.64 bits per heavy atom. The van der Waals surface area contributed by atoms with Crippen molar-refractivity contribution in [1.82, 2.24) is 9.88 Å². The monoisotopic (exact) mass is 363 g/mol. The standard InChI is InChI=1S/C16H18BrN3O2/c1-19-5-7-20(8-6-19)15-13-9-11(16(21)22-2)3-4-12(13)14(17)10-18-15/h3-4,9-10H,5-8H2,1-2H3. The minimum Gasteiger partial charge on any atom is -0.465 e. The summed E-state index contributed by atoms with van der Waals surface area (Å²) in [5.74, 6) is 0.600. The van der Waals surface area contributed by atoms with E-state index in [-0.39, 0.29) is 5.97 Å². The van der Waals surface area contributed by atoms with Gasteiger partial charge in [0.05, 0.1) is 12.7 Å². The second-order valence-corrected chi connectivity index (χ2v) is 6.33. The Morgan fingerprint density at radius 2 is 1.95 bits per heavy atom. The molecule has 5 nitrogen and oxygen atoms in total. The molecule has 22 heavy (non-hydrogen) atoms. The van der Waals surface area contributed by atoms with E-state index in [0.29, 0.717) is 5.56 Å². The van der Waals surface area contributed by atoms with Gasteiger partial charge < -0.3 is 14.5 Å². The number of piperazine rings is 1. The van der Waals surface area contributed by atoms with Crippen LogP contribution in [-0.4, -0.2) is 56.2 Å². The first-order valence-electron chi connectivity index (χ1n) is 7.20. The van der Waals surface area contributed by atoms with Crippen LogP contribution < -0.4 is 4.90 Å². The zero-order valence-electron chi connectivity index (χ0n) is 12.7. The highest BCUT2D eigenvalue weighted by Gasteiger charge is 2.19. The number of pyridine rings is 1. The normalized spacial score (nSPS) is 16.0. The van der Waals surface area contributed by atoms with Crippen molar-refractivity contribution in [1.29, 1.82) is 0 Å². The number of likely N-dealkylation sites (N-methyl/N-ethyl adjacent to an activating group) is 1. The summed E-state index contributed by atoms with van der Waals surface area (Å²) < 4.78 is 5.75. The molecule has 0 amide bonds. The number of carbonyl (C=O) groups excluding carboxylic acids is 1. The van der Waals surface area contributed by atoms with E-state index in [1.807, 2.05) is 18.3 Å². The first kappa shape index (κ1) is 15.2. The first-order valence-corrected chi connectivity index (χ1v) is 7.99. The van der Waals surface area contributed by atoms with Gasteiger partial charge in [0.2, 0.25) is 0 Å². The molecule has 0 aliphatic carbocycles. The summed E-state index contributed by atoms with van der Waals surface area (Å²) >= 11 is 3.54. The van der Waals surface area contributed by atoms with Crippen molar-refractivity contribution >= 4 is 38.5 Å². The molecule has 116 valence electrons. The second-order valence-electron chi connectivity index (χ2n) is 5.47. The molecule has 1 aliphatic rings. The first-order chi connectivity index (χ1) is 10.6. The van der Waals surface area contributed by atoms with Gasteiger partial charge >= 0.3 is 5.97 Å². The predicted molar refractivity (Wildman–Crippen MR) is 90.5 cm³/mol. The number of anilines is 1. The molecule has 6 heteroatoms. The van der Waals surface area contributed by atoms with Crippen molar-refractivity contribution in [3.63, 3.8) is 0 Å². The number of carbonyl (C=O) groups is 1. The van der Waals surface area contributed by atoms with E-state index < -0.39 is 0 Å². The van der Waals surface area contributed by atoms with Crippen LogP contribution in [-0.2, 0) is 4.74 Å². The molecule has 1 fully saturated rings. The molecule has 0 atom stereocenters. The highest BCUT2D eigenvalue weighted by molar-refractivity contribution is 9.10. The molecule has 0 spiro atoms. The molecular formula is C16H18BrN3O2. The molecule has 1 aliphatic heterocycles. The molecule has 3 rings (SSSR count). The van der Waals surface area contributed by atoms with Gasteiger partial charge in [0.25, 0.3) is 0 Å². The molecule has 0 unspecified atom stereocenters. The molecule has 0 saturated carbocycles. The van der Waals surface area contributed by atoms with Crippen molar-refractivity contribution in [3.8, 4) is 0 Å². The molecule has 0 radical (unpaired) electrons. The summed E-state index contributed by atoms with van der Waals surface area (Å²) in [7, 11) is 3.52. The lowest BCUT2D eigenvalue weighted by molar-refractivity contribution is 0.0601. The summed E-state index contributed by atoms with van der Waals surface area (Å²) in [5, 5.41) is 2.03. The summed E-state index contributed by atoms with van der Waals surface area (Å²) in [6.07, 6.45) is 1.83. The maximum Gasteiger partial charge on any atom is 0.337 e.